The van der Waals surface area contributed by atoms with E-state index in [1.807, 2.05) is 7.05 Å². The molecular weight excluding hydrogens is 162 g/mol. The summed E-state index contributed by atoms with van der Waals surface area (Å²) in [6.45, 7) is 8.24. The molecule has 1 aliphatic rings. The molecule has 0 bridgehead atoms. The van der Waals surface area contributed by atoms with Crippen molar-refractivity contribution in [2.24, 2.45) is 0 Å². The Morgan fingerprint density at radius 1 is 1.54 bits per heavy atom. The molecule has 0 spiro atoms. The van der Waals surface area contributed by atoms with Gasteiger partial charge in [0.05, 0.1) is 0 Å². The van der Waals surface area contributed by atoms with Crippen molar-refractivity contribution in [3.8, 4) is 0 Å². The quantitative estimate of drug-likeness (QED) is 0.579. The van der Waals surface area contributed by atoms with Crippen LogP contribution in [-0.2, 0) is 0 Å². The van der Waals surface area contributed by atoms with Crippen LogP contribution in [0.1, 0.15) is 19.8 Å². The van der Waals surface area contributed by atoms with Gasteiger partial charge in [0, 0.05) is 31.4 Å². The molecule has 0 aromatic rings. The lowest BCUT2D eigenvalue weighted by molar-refractivity contribution is 0.521. The lowest BCUT2D eigenvalue weighted by atomic mass is 10.1. The lowest BCUT2D eigenvalue weighted by Gasteiger charge is -2.16. The standard InChI is InChI=1S/C10H21N3/c1-4-12-7-9-5-6-10(13-9)8(2)11-3/h9-13H,2,4-7H2,1,3H3. The fraction of sp³-hybridized carbons (Fsp3) is 0.800. The highest BCUT2D eigenvalue weighted by molar-refractivity contribution is 5.06. The summed E-state index contributed by atoms with van der Waals surface area (Å²) in [4.78, 5) is 0. The molecule has 3 N–H and O–H groups in total. The van der Waals surface area contributed by atoms with Gasteiger partial charge in [-0.1, -0.05) is 13.5 Å². The zero-order valence-electron chi connectivity index (χ0n) is 8.69. The second-order valence-corrected chi connectivity index (χ2v) is 3.58. The smallest absolute Gasteiger partial charge is 0.0466 e. The molecule has 3 heteroatoms. The molecule has 1 aliphatic heterocycles. The van der Waals surface area contributed by atoms with Gasteiger partial charge in [-0.25, -0.2) is 0 Å². The van der Waals surface area contributed by atoms with Crippen molar-refractivity contribution in [1.82, 2.24) is 16.0 Å². The first-order valence-corrected chi connectivity index (χ1v) is 5.11. The fourth-order valence-electron chi connectivity index (χ4n) is 1.75. The first-order valence-electron chi connectivity index (χ1n) is 5.11. The lowest BCUT2D eigenvalue weighted by Crippen LogP contribution is -2.39. The van der Waals surface area contributed by atoms with Gasteiger partial charge in [-0.05, 0) is 19.4 Å². The molecule has 0 saturated carbocycles. The average molecular weight is 183 g/mol. The molecule has 13 heavy (non-hydrogen) atoms. The SMILES string of the molecule is C=C(NC)C1CCC(CNCC)N1. The summed E-state index contributed by atoms with van der Waals surface area (Å²) in [6, 6.07) is 1.09. The minimum absolute atomic E-state index is 0.466. The Morgan fingerprint density at radius 2 is 2.31 bits per heavy atom. The minimum atomic E-state index is 0.466. The summed E-state index contributed by atoms with van der Waals surface area (Å²) in [5.74, 6) is 0. The van der Waals surface area contributed by atoms with Gasteiger partial charge in [0.15, 0.2) is 0 Å². The Hall–Kier alpha value is -0.540. The van der Waals surface area contributed by atoms with Crippen LogP contribution < -0.4 is 16.0 Å². The van der Waals surface area contributed by atoms with Gasteiger partial charge in [0.25, 0.3) is 0 Å². The third-order valence-corrected chi connectivity index (χ3v) is 2.62. The third kappa shape index (κ3) is 3.01. The van der Waals surface area contributed by atoms with Crippen molar-refractivity contribution in [2.45, 2.75) is 31.8 Å². The van der Waals surface area contributed by atoms with Gasteiger partial charge in [-0.2, -0.15) is 0 Å². The number of rotatable bonds is 5. The summed E-state index contributed by atoms with van der Waals surface area (Å²) >= 11 is 0. The van der Waals surface area contributed by atoms with Crippen molar-refractivity contribution in [3.63, 3.8) is 0 Å². The monoisotopic (exact) mass is 183 g/mol. The minimum Gasteiger partial charge on any atom is -0.391 e. The van der Waals surface area contributed by atoms with Crippen LogP contribution in [0.25, 0.3) is 0 Å². The van der Waals surface area contributed by atoms with E-state index in [1.54, 1.807) is 0 Å². The maximum Gasteiger partial charge on any atom is 0.0466 e. The van der Waals surface area contributed by atoms with Crippen LogP contribution in [0.2, 0.25) is 0 Å². The molecule has 1 saturated heterocycles. The number of nitrogens with one attached hydrogen (secondary N) is 3. The first kappa shape index (κ1) is 10.5. The molecule has 0 aromatic carbocycles. The van der Waals surface area contributed by atoms with Crippen molar-refractivity contribution in [2.75, 3.05) is 20.1 Å². The van der Waals surface area contributed by atoms with Gasteiger partial charge in [0.2, 0.25) is 0 Å². The molecule has 1 rings (SSSR count). The van der Waals surface area contributed by atoms with E-state index in [0.29, 0.717) is 12.1 Å². The summed E-state index contributed by atoms with van der Waals surface area (Å²) in [5, 5.41) is 10.0. The second-order valence-electron chi connectivity index (χ2n) is 3.58. The van der Waals surface area contributed by atoms with E-state index in [-0.39, 0.29) is 0 Å². The summed E-state index contributed by atoms with van der Waals surface area (Å²) < 4.78 is 0. The largest absolute Gasteiger partial charge is 0.391 e. The normalized spacial score (nSPS) is 27.5. The highest BCUT2D eigenvalue weighted by Gasteiger charge is 2.24. The first-order chi connectivity index (χ1) is 6.27. The molecule has 1 heterocycles. The molecule has 0 aromatic heterocycles. The number of likely N-dealkylation sites (N-methyl/N-ethyl adjacent to an activating group) is 2. The Bertz CT molecular complexity index is 168. The van der Waals surface area contributed by atoms with Crippen molar-refractivity contribution in [3.05, 3.63) is 12.3 Å². The average Bonchev–Trinajstić information content (AvgIpc) is 2.62. The van der Waals surface area contributed by atoms with Gasteiger partial charge in [0.1, 0.15) is 0 Å². The van der Waals surface area contributed by atoms with E-state index in [4.69, 9.17) is 0 Å². The topological polar surface area (TPSA) is 36.1 Å². The van der Waals surface area contributed by atoms with E-state index in [9.17, 15) is 0 Å². The number of hydrogen-bond donors (Lipinski definition) is 3. The van der Waals surface area contributed by atoms with Gasteiger partial charge >= 0.3 is 0 Å². The van der Waals surface area contributed by atoms with E-state index in [1.165, 1.54) is 12.8 Å². The highest BCUT2D eigenvalue weighted by Crippen LogP contribution is 2.15. The third-order valence-electron chi connectivity index (χ3n) is 2.62. The van der Waals surface area contributed by atoms with Gasteiger partial charge < -0.3 is 16.0 Å². The Kier molecular flexibility index (Phi) is 4.25. The van der Waals surface area contributed by atoms with Crippen molar-refractivity contribution in [1.29, 1.82) is 0 Å². The van der Waals surface area contributed by atoms with Crippen LogP contribution >= 0.6 is 0 Å². The molecule has 2 atom stereocenters. The van der Waals surface area contributed by atoms with Crippen molar-refractivity contribution >= 4 is 0 Å². The predicted molar refractivity (Wildman–Crippen MR) is 56.7 cm³/mol. The molecular formula is C10H21N3. The van der Waals surface area contributed by atoms with Crippen LogP contribution in [0, 0.1) is 0 Å². The van der Waals surface area contributed by atoms with E-state index >= 15 is 0 Å². The van der Waals surface area contributed by atoms with Gasteiger partial charge in [-0.3, -0.25) is 0 Å². The van der Waals surface area contributed by atoms with Crippen LogP contribution in [0.15, 0.2) is 12.3 Å². The van der Waals surface area contributed by atoms with Crippen molar-refractivity contribution < 1.29 is 0 Å². The van der Waals surface area contributed by atoms with Crippen LogP contribution in [0.3, 0.4) is 0 Å². The van der Waals surface area contributed by atoms with Crippen LogP contribution in [0.4, 0.5) is 0 Å². The summed E-state index contributed by atoms with van der Waals surface area (Å²) in [6.07, 6.45) is 2.45. The molecule has 1 fully saturated rings. The molecule has 0 amide bonds. The Morgan fingerprint density at radius 3 is 2.92 bits per heavy atom. The molecule has 76 valence electrons. The second kappa shape index (κ2) is 5.25. The van der Waals surface area contributed by atoms with Crippen LogP contribution in [-0.4, -0.2) is 32.2 Å². The predicted octanol–water partition coefficient (Wildman–Crippen LogP) is 0.450. The van der Waals surface area contributed by atoms with Crippen LogP contribution in [0.5, 0.6) is 0 Å². The molecule has 2 unspecified atom stereocenters. The molecule has 0 aliphatic carbocycles. The van der Waals surface area contributed by atoms with E-state index in [0.717, 1.165) is 18.8 Å². The van der Waals surface area contributed by atoms with Gasteiger partial charge in [-0.15, -0.1) is 0 Å². The fourth-order valence-corrected chi connectivity index (χ4v) is 1.75. The van der Waals surface area contributed by atoms with E-state index in [2.05, 4.69) is 29.5 Å². The molecule has 0 radical (unpaired) electrons. The summed E-state index contributed by atoms with van der Waals surface area (Å²) in [5.41, 5.74) is 1.11. The molecule has 3 nitrogen and oxygen atoms in total. The maximum absolute atomic E-state index is 3.98. The zero-order chi connectivity index (χ0) is 9.68. The maximum atomic E-state index is 3.98. The Balaban J connectivity index is 2.23. The zero-order valence-corrected chi connectivity index (χ0v) is 8.69. The number of hydrogen-bond acceptors (Lipinski definition) is 3. The Labute approximate surface area is 81.0 Å². The summed E-state index contributed by atoms with van der Waals surface area (Å²) in [7, 11) is 1.93. The van der Waals surface area contributed by atoms with E-state index < -0.39 is 0 Å². The highest BCUT2D eigenvalue weighted by atomic mass is 15.1.